The largest absolute Gasteiger partial charge is 0.504 e. The van der Waals surface area contributed by atoms with Crippen molar-refractivity contribution in [3.05, 3.63) is 44.6 Å². The number of phenols is 2. The van der Waals surface area contributed by atoms with Gasteiger partial charge < -0.3 is 15.5 Å². The van der Waals surface area contributed by atoms with E-state index in [2.05, 4.69) is 21.2 Å². The van der Waals surface area contributed by atoms with Crippen LogP contribution in [0.1, 0.15) is 10.4 Å². The van der Waals surface area contributed by atoms with Gasteiger partial charge in [0.15, 0.2) is 11.5 Å². The molecule has 0 saturated heterocycles. The third-order valence-electron chi connectivity index (χ3n) is 2.39. The number of thiophene rings is 1. The molecule has 0 aliphatic heterocycles. The lowest BCUT2D eigenvalue weighted by Crippen LogP contribution is -2.12. The van der Waals surface area contributed by atoms with E-state index < -0.39 is 0 Å². The Bertz CT molecular complexity index is 513. The standard InChI is InChI=1S/C12H12BrNO2S/c13-9-4-5-17-11(9)7-14-6-8-2-1-3-10(15)12(8)16/h1-5,14-16H,6-7H2. The van der Waals surface area contributed by atoms with Gasteiger partial charge in [0.1, 0.15) is 0 Å². The van der Waals surface area contributed by atoms with Crippen LogP contribution in [-0.2, 0) is 13.1 Å². The van der Waals surface area contributed by atoms with Gasteiger partial charge in [0, 0.05) is 28.0 Å². The zero-order chi connectivity index (χ0) is 12.3. The molecule has 17 heavy (non-hydrogen) atoms. The molecule has 0 aliphatic rings. The lowest BCUT2D eigenvalue weighted by atomic mass is 10.2. The lowest BCUT2D eigenvalue weighted by molar-refractivity contribution is 0.397. The zero-order valence-electron chi connectivity index (χ0n) is 8.98. The molecule has 2 aromatic rings. The van der Waals surface area contributed by atoms with Gasteiger partial charge in [0.25, 0.3) is 0 Å². The minimum absolute atomic E-state index is 0.0507. The highest BCUT2D eigenvalue weighted by molar-refractivity contribution is 9.10. The van der Waals surface area contributed by atoms with Crippen LogP contribution in [0.25, 0.3) is 0 Å². The maximum absolute atomic E-state index is 9.61. The smallest absolute Gasteiger partial charge is 0.161 e. The second-order valence-electron chi connectivity index (χ2n) is 3.58. The molecule has 90 valence electrons. The topological polar surface area (TPSA) is 52.5 Å². The van der Waals surface area contributed by atoms with Gasteiger partial charge in [0.2, 0.25) is 0 Å². The van der Waals surface area contributed by atoms with Gasteiger partial charge in [-0.3, -0.25) is 0 Å². The quantitative estimate of drug-likeness (QED) is 0.760. The molecular formula is C12H12BrNO2S. The fourth-order valence-corrected chi connectivity index (χ4v) is 2.94. The predicted molar refractivity (Wildman–Crippen MR) is 72.3 cm³/mol. The lowest BCUT2D eigenvalue weighted by Gasteiger charge is -2.07. The Labute approximate surface area is 112 Å². The van der Waals surface area contributed by atoms with Crippen molar-refractivity contribution in [1.82, 2.24) is 5.32 Å². The van der Waals surface area contributed by atoms with Crippen molar-refractivity contribution in [2.75, 3.05) is 0 Å². The van der Waals surface area contributed by atoms with Gasteiger partial charge in [-0.2, -0.15) is 0 Å². The van der Waals surface area contributed by atoms with E-state index in [1.807, 2.05) is 11.4 Å². The van der Waals surface area contributed by atoms with Crippen molar-refractivity contribution in [1.29, 1.82) is 0 Å². The van der Waals surface area contributed by atoms with Crippen LogP contribution in [-0.4, -0.2) is 10.2 Å². The molecule has 0 bridgehead atoms. The first-order chi connectivity index (χ1) is 8.18. The molecule has 0 radical (unpaired) electrons. The number of halogens is 1. The second-order valence-corrected chi connectivity index (χ2v) is 5.44. The highest BCUT2D eigenvalue weighted by Crippen LogP contribution is 2.28. The summed E-state index contributed by atoms with van der Waals surface area (Å²) in [5.74, 6) is -0.133. The predicted octanol–water partition coefficient (Wildman–Crippen LogP) is 3.21. The Balaban J connectivity index is 1.95. The summed E-state index contributed by atoms with van der Waals surface area (Å²) in [4.78, 5) is 1.21. The number of rotatable bonds is 4. The average molecular weight is 314 g/mol. The molecule has 3 nitrogen and oxygen atoms in total. The van der Waals surface area contributed by atoms with E-state index in [9.17, 15) is 10.2 Å². The molecule has 0 amide bonds. The van der Waals surface area contributed by atoms with E-state index >= 15 is 0 Å². The molecule has 1 aromatic carbocycles. The third kappa shape index (κ3) is 3.00. The molecule has 3 N–H and O–H groups in total. The van der Waals surface area contributed by atoms with E-state index in [-0.39, 0.29) is 11.5 Å². The number of hydrogen-bond donors (Lipinski definition) is 3. The van der Waals surface area contributed by atoms with E-state index in [0.29, 0.717) is 12.1 Å². The summed E-state index contributed by atoms with van der Waals surface area (Å²) in [7, 11) is 0. The number of aromatic hydroxyl groups is 2. The van der Waals surface area contributed by atoms with Crippen LogP contribution in [0.5, 0.6) is 11.5 Å². The van der Waals surface area contributed by atoms with Gasteiger partial charge in [0.05, 0.1) is 0 Å². The maximum atomic E-state index is 9.61. The van der Waals surface area contributed by atoms with Gasteiger partial charge >= 0.3 is 0 Å². The molecule has 0 fully saturated rings. The van der Waals surface area contributed by atoms with Crippen molar-refractivity contribution in [3.8, 4) is 11.5 Å². The highest BCUT2D eigenvalue weighted by atomic mass is 79.9. The first kappa shape index (κ1) is 12.4. The summed E-state index contributed by atoms with van der Waals surface area (Å²) >= 11 is 5.13. The fourth-order valence-electron chi connectivity index (χ4n) is 1.48. The number of benzene rings is 1. The summed E-state index contributed by atoms with van der Waals surface area (Å²) in [6.45, 7) is 1.25. The van der Waals surface area contributed by atoms with Crippen molar-refractivity contribution >= 4 is 27.3 Å². The van der Waals surface area contributed by atoms with E-state index in [4.69, 9.17) is 0 Å². The summed E-state index contributed by atoms with van der Waals surface area (Å²) in [6, 6.07) is 6.97. The Hall–Kier alpha value is -1.04. The van der Waals surface area contributed by atoms with Gasteiger partial charge in [-0.05, 0) is 33.4 Å². The Morgan fingerprint density at radius 2 is 2.00 bits per heavy atom. The van der Waals surface area contributed by atoms with Crippen molar-refractivity contribution in [2.24, 2.45) is 0 Å². The molecule has 1 aromatic heterocycles. The molecule has 5 heteroatoms. The number of hydrogen-bond acceptors (Lipinski definition) is 4. The molecule has 0 spiro atoms. The summed E-state index contributed by atoms with van der Waals surface area (Å²) in [6.07, 6.45) is 0. The average Bonchev–Trinajstić information content (AvgIpc) is 2.71. The van der Waals surface area contributed by atoms with Crippen LogP contribution in [0.4, 0.5) is 0 Å². The van der Waals surface area contributed by atoms with Crippen molar-refractivity contribution in [3.63, 3.8) is 0 Å². The third-order valence-corrected chi connectivity index (χ3v) is 4.32. The number of para-hydroxylation sites is 1. The van der Waals surface area contributed by atoms with E-state index in [0.717, 1.165) is 11.0 Å². The van der Waals surface area contributed by atoms with Crippen LogP contribution in [0, 0.1) is 0 Å². The summed E-state index contributed by atoms with van der Waals surface area (Å²) in [5, 5.41) is 24.2. The summed E-state index contributed by atoms with van der Waals surface area (Å²) in [5.41, 5.74) is 0.692. The Morgan fingerprint density at radius 3 is 2.71 bits per heavy atom. The van der Waals surface area contributed by atoms with E-state index in [1.54, 1.807) is 23.5 Å². The first-order valence-corrected chi connectivity index (χ1v) is 6.78. The highest BCUT2D eigenvalue weighted by Gasteiger charge is 2.06. The van der Waals surface area contributed by atoms with Crippen molar-refractivity contribution in [2.45, 2.75) is 13.1 Å². The zero-order valence-corrected chi connectivity index (χ0v) is 11.4. The second kappa shape index (κ2) is 5.53. The molecule has 2 rings (SSSR count). The minimum atomic E-state index is -0.0818. The SMILES string of the molecule is Oc1cccc(CNCc2sccc2Br)c1O. The van der Waals surface area contributed by atoms with Crippen molar-refractivity contribution < 1.29 is 10.2 Å². The maximum Gasteiger partial charge on any atom is 0.161 e. The van der Waals surface area contributed by atoms with Crippen LogP contribution in [0.2, 0.25) is 0 Å². The molecule has 0 unspecified atom stereocenters. The number of nitrogens with one attached hydrogen (secondary N) is 1. The van der Waals surface area contributed by atoms with Gasteiger partial charge in [-0.25, -0.2) is 0 Å². The Morgan fingerprint density at radius 1 is 1.18 bits per heavy atom. The van der Waals surface area contributed by atoms with Crippen LogP contribution in [0.3, 0.4) is 0 Å². The fraction of sp³-hybridized carbons (Fsp3) is 0.167. The molecular weight excluding hydrogens is 302 g/mol. The molecule has 1 heterocycles. The molecule has 0 atom stereocenters. The summed E-state index contributed by atoms with van der Waals surface area (Å²) < 4.78 is 1.09. The van der Waals surface area contributed by atoms with E-state index in [1.165, 1.54) is 10.9 Å². The Kier molecular flexibility index (Phi) is 4.04. The molecule has 0 saturated carbocycles. The van der Waals surface area contributed by atoms with Crippen LogP contribution in [0.15, 0.2) is 34.1 Å². The van der Waals surface area contributed by atoms with Crippen LogP contribution >= 0.6 is 27.3 Å². The van der Waals surface area contributed by atoms with Gasteiger partial charge in [-0.1, -0.05) is 12.1 Å². The normalized spacial score (nSPS) is 10.6. The molecule has 0 aliphatic carbocycles. The minimum Gasteiger partial charge on any atom is -0.504 e. The monoisotopic (exact) mass is 313 g/mol. The number of phenolic OH excluding ortho intramolecular Hbond substituents is 2. The van der Waals surface area contributed by atoms with Crippen LogP contribution < -0.4 is 5.32 Å². The van der Waals surface area contributed by atoms with Gasteiger partial charge in [-0.15, -0.1) is 11.3 Å². The first-order valence-electron chi connectivity index (χ1n) is 5.11.